The average Bonchev–Trinajstić information content (AvgIpc) is 2.64. The molecule has 0 amide bonds. The van der Waals surface area contributed by atoms with E-state index in [0.29, 0.717) is 19.5 Å². The number of hydrogen-bond acceptors (Lipinski definition) is 3. The van der Waals surface area contributed by atoms with E-state index in [0.717, 1.165) is 10.6 Å². The number of hydrogen-bond donors (Lipinski definition) is 0. The minimum absolute atomic E-state index is 0.476. The first-order chi connectivity index (χ1) is 7.61. The summed E-state index contributed by atoms with van der Waals surface area (Å²) in [6.07, 6.45) is 0. The van der Waals surface area contributed by atoms with Crippen molar-refractivity contribution in [3.63, 3.8) is 0 Å². The molecule has 0 aliphatic heterocycles. The number of thiazole rings is 1. The number of benzene rings is 1. The van der Waals surface area contributed by atoms with E-state index in [1.54, 1.807) is 12.1 Å². The molecule has 16 heavy (non-hydrogen) atoms. The normalized spacial score (nSPS) is 10.1. The van der Waals surface area contributed by atoms with Gasteiger partial charge in [-0.05, 0) is 28.1 Å². The Labute approximate surface area is 115 Å². The van der Waals surface area contributed by atoms with Crippen LogP contribution in [-0.4, -0.2) is 4.98 Å². The second-order valence-electron chi connectivity index (χ2n) is 2.88. The molecule has 80 valence electrons. The molecule has 0 saturated carbocycles. The molecule has 0 unspecified atom stereocenters. The van der Waals surface area contributed by atoms with Gasteiger partial charge in [0.05, 0.1) is 10.0 Å². The van der Waals surface area contributed by atoms with Gasteiger partial charge < -0.3 is 0 Å². The van der Waals surface area contributed by atoms with Crippen molar-refractivity contribution in [3.05, 3.63) is 37.7 Å². The Morgan fingerprint density at radius 1 is 1.31 bits per heavy atom. The first-order valence-corrected chi connectivity index (χ1v) is 6.50. The molecule has 2 rings (SSSR count). The fourth-order valence-electron chi connectivity index (χ4n) is 1.12. The third-order valence-corrected chi connectivity index (χ3v) is 4.44. The molecule has 0 bridgehead atoms. The van der Waals surface area contributed by atoms with Gasteiger partial charge in [0, 0.05) is 5.56 Å². The van der Waals surface area contributed by atoms with Crippen LogP contribution in [0, 0.1) is 11.3 Å². The number of nitrogens with zero attached hydrogens (tertiary/aromatic N) is 2. The van der Waals surface area contributed by atoms with Crippen LogP contribution in [0.4, 0.5) is 0 Å². The predicted molar refractivity (Wildman–Crippen MR) is 70.0 cm³/mol. The van der Waals surface area contributed by atoms with E-state index >= 15 is 0 Å². The number of rotatable bonds is 1. The van der Waals surface area contributed by atoms with E-state index in [1.165, 1.54) is 11.3 Å². The van der Waals surface area contributed by atoms with Crippen LogP contribution in [0.15, 0.2) is 22.8 Å². The summed E-state index contributed by atoms with van der Waals surface area (Å²) in [5.41, 5.74) is 0.849. The van der Waals surface area contributed by atoms with Gasteiger partial charge in [-0.25, -0.2) is 4.98 Å². The van der Waals surface area contributed by atoms with E-state index in [-0.39, 0.29) is 0 Å². The van der Waals surface area contributed by atoms with Crippen molar-refractivity contribution < 1.29 is 0 Å². The summed E-state index contributed by atoms with van der Waals surface area (Å²) in [7, 11) is 0. The van der Waals surface area contributed by atoms with Crippen molar-refractivity contribution in [2.75, 3.05) is 0 Å². The van der Waals surface area contributed by atoms with Gasteiger partial charge in [0.15, 0.2) is 0 Å². The molecule has 0 radical (unpaired) electrons. The van der Waals surface area contributed by atoms with Crippen LogP contribution in [0.3, 0.4) is 0 Å². The molecular formula is C10H3BrCl2N2S. The quantitative estimate of drug-likeness (QED) is 0.755. The van der Waals surface area contributed by atoms with E-state index in [9.17, 15) is 0 Å². The molecule has 0 aliphatic carbocycles. The fourth-order valence-corrected chi connectivity index (χ4v) is 2.80. The second kappa shape index (κ2) is 4.72. The van der Waals surface area contributed by atoms with Crippen LogP contribution in [-0.2, 0) is 0 Å². The van der Waals surface area contributed by atoms with Crippen molar-refractivity contribution in [1.29, 1.82) is 5.26 Å². The van der Waals surface area contributed by atoms with E-state index in [4.69, 9.17) is 28.5 Å². The lowest BCUT2D eigenvalue weighted by atomic mass is 10.2. The molecule has 0 aliphatic rings. The van der Waals surface area contributed by atoms with Gasteiger partial charge in [-0.1, -0.05) is 29.3 Å². The molecule has 0 saturated heterocycles. The topological polar surface area (TPSA) is 36.7 Å². The lowest BCUT2D eigenvalue weighted by molar-refractivity contribution is 1.34. The maximum atomic E-state index is 8.82. The highest BCUT2D eigenvalue weighted by Gasteiger charge is 2.11. The van der Waals surface area contributed by atoms with Crippen LogP contribution in [0.1, 0.15) is 4.88 Å². The molecule has 0 fully saturated rings. The monoisotopic (exact) mass is 332 g/mol. The van der Waals surface area contributed by atoms with Crippen LogP contribution < -0.4 is 0 Å². The molecule has 1 heterocycles. The average molecular weight is 334 g/mol. The molecular weight excluding hydrogens is 331 g/mol. The number of halogens is 3. The van der Waals surface area contributed by atoms with Gasteiger partial charge in [0.25, 0.3) is 0 Å². The molecule has 0 spiro atoms. The second-order valence-corrected chi connectivity index (χ2v) is 5.44. The van der Waals surface area contributed by atoms with Crippen LogP contribution in [0.5, 0.6) is 0 Å². The molecule has 1 aromatic heterocycles. The Hall–Kier alpha value is -0.600. The van der Waals surface area contributed by atoms with Crippen LogP contribution in [0.25, 0.3) is 10.6 Å². The third kappa shape index (κ3) is 2.23. The zero-order valence-electron chi connectivity index (χ0n) is 7.67. The smallest absolute Gasteiger partial charge is 0.139 e. The fraction of sp³-hybridized carbons (Fsp3) is 0. The minimum Gasteiger partial charge on any atom is -0.228 e. The van der Waals surface area contributed by atoms with Gasteiger partial charge in [0.2, 0.25) is 0 Å². The Kier molecular flexibility index (Phi) is 3.50. The van der Waals surface area contributed by atoms with Gasteiger partial charge in [0.1, 0.15) is 20.6 Å². The summed E-state index contributed by atoms with van der Waals surface area (Å²) < 4.78 is 0.557. The van der Waals surface area contributed by atoms with Crippen molar-refractivity contribution in [1.82, 2.24) is 4.98 Å². The first-order valence-electron chi connectivity index (χ1n) is 4.13. The van der Waals surface area contributed by atoms with Gasteiger partial charge in [-0.2, -0.15) is 5.26 Å². The SMILES string of the molecule is N#Cc1sc(-c2ccc(Cl)c(Cl)c2)nc1Br. The number of nitriles is 1. The minimum atomic E-state index is 0.476. The zero-order chi connectivity index (χ0) is 11.7. The maximum absolute atomic E-state index is 8.82. The highest BCUT2D eigenvalue weighted by molar-refractivity contribution is 9.10. The summed E-state index contributed by atoms with van der Waals surface area (Å²) in [5, 5.41) is 10.5. The molecule has 0 atom stereocenters. The highest BCUT2D eigenvalue weighted by Crippen LogP contribution is 2.33. The summed E-state index contributed by atoms with van der Waals surface area (Å²) in [4.78, 5) is 4.78. The lowest BCUT2D eigenvalue weighted by Crippen LogP contribution is -1.76. The lowest BCUT2D eigenvalue weighted by Gasteiger charge is -1.98. The standard InChI is InChI=1S/C10H3BrCl2N2S/c11-9-8(4-14)16-10(15-9)5-1-2-6(12)7(13)3-5/h1-3H. The molecule has 1 aromatic carbocycles. The Morgan fingerprint density at radius 3 is 2.62 bits per heavy atom. The number of aromatic nitrogens is 1. The maximum Gasteiger partial charge on any atom is 0.139 e. The highest BCUT2D eigenvalue weighted by atomic mass is 79.9. The summed E-state index contributed by atoms with van der Waals surface area (Å²) >= 11 is 16.3. The van der Waals surface area contributed by atoms with Gasteiger partial charge in [-0.15, -0.1) is 11.3 Å². The third-order valence-electron chi connectivity index (χ3n) is 1.85. The van der Waals surface area contributed by atoms with E-state index in [1.807, 2.05) is 6.07 Å². The molecule has 2 nitrogen and oxygen atoms in total. The summed E-state index contributed by atoms with van der Waals surface area (Å²) in [6.45, 7) is 0. The van der Waals surface area contributed by atoms with Crippen molar-refractivity contribution in [2.45, 2.75) is 0 Å². The Balaban J connectivity index is 2.51. The van der Waals surface area contributed by atoms with Crippen molar-refractivity contribution in [3.8, 4) is 16.6 Å². The van der Waals surface area contributed by atoms with Crippen molar-refractivity contribution >= 4 is 50.5 Å². The Bertz CT molecular complexity index is 589. The van der Waals surface area contributed by atoms with Crippen LogP contribution >= 0.6 is 50.5 Å². The van der Waals surface area contributed by atoms with E-state index in [2.05, 4.69) is 27.0 Å². The van der Waals surface area contributed by atoms with Crippen molar-refractivity contribution in [2.24, 2.45) is 0 Å². The van der Waals surface area contributed by atoms with Gasteiger partial charge >= 0.3 is 0 Å². The Morgan fingerprint density at radius 2 is 2.06 bits per heavy atom. The summed E-state index contributed by atoms with van der Waals surface area (Å²) in [6, 6.07) is 7.32. The largest absolute Gasteiger partial charge is 0.228 e. The van der Waals surface area contributed by atoms with Gasteiger partial charge in [-0.3, -0.25) is 0 Å². The van der Waals surface area contributed by atoms with Crippen LogP contribution in [0.2, 0.25) is 10.0 Å². The zero-order valence-corrected chi connectivity index (χ0v) is 11.6. The molecule has 2 aromatic rings. The predicted octanol–water partition coefficient (Wildman–Crippen LogP) is 4.75. The summed E-state index contributed by atoms with van der Waals surface area (Å²) in [5.74, 6) is 0. The first kappa shape index (κ1) is 11.9. The molecule has 6 heteroatoms. The molecule has 0 N–H and O–H groups in total. The van der Waals surface area contributed by atoms with E-state index < -0.39 is 0 Å².